The van der Waals surface area contributed by atoms with Gasteiger partial charge >= 0.3 is 164 Å². The van der Waals surface area contributed by atoms with E-state index in [1.54, 1.807) is 5.57 Å². The van der Waals surface area contributed by atoms with Crippen molar-refractivity contribution in [2.24, 2.45) is 0 Å². The van der Waals surface area contributed by atoms with Gasteiger partial charge in [-0.05, 0) is 0 Å². The maximum atomic E-state index is 2.91. The first-order valence-electron chi connectivity index (χ1n) is 10.8. The van der Waals surface area contributed by atoms with E-state index in [2.05, 4.69) is 69.1 Å². The van der Waals surface area contributed by atoms with E-state index in [4.69, 9.17) is 0 Å². The molecule has 0 unspecified atom stereocenters. The van der Waals surface area contributed by atoms with Crippen LogP contribution in [0.5, 0.6) is 0 Å². The average molecular weight is 429 g/mol. The Kier molecular flexibility index (Phi) is 11.0. The summed E-state index contributed by atoms with van der Waals surface area (Å²) in [5.74, 6) is 0. The number of allylic oxidation sites excluding steroid dienone is 4. The van der Waals surface area contributed by atoms with Crippen molar-refractivity contribution >= 4 is 0 Å². The molecule has 146 valence electrons. The van der Waals surface area contributed by atoms with Gasteiger partial charge in [-0.3, -0.25) is 0 Å². The van der Waals surface area contributed by atoms with Crippen molar-refractivity contribution in [3.05, 3.63) is 21.0 Å². The van der Waals surface area contributed by atoms with Crippen LogP contribution in [0.25, 0.3) is 0 Å². The summed E-state index contributed by atoms with van der Waals surface area (Å²) in [6, 6.07) is 0. The van der Waals surface area contributed by atoms with Crippen LogP contribution in [0, 0.1) is 0 Å². The normalized spacial score (nSPS) is 15.4. The third kappa shape index (κ3) is 4.75. The first-order chi connectivity index (χ1) is 12.1. The molecule has 4 heteroatoms. The molecule has 0 fully saturated rings. The van der Waals surface area contributed by atoms with Crippen molar-refractivity contribution in [1.82, 2.24) is 8.53 Å². The van der Waals surface area contributed by atoms with Gasteiger partial charge in [-0.2, -0.15) is 0 Å². The molecule has 1 aliphatic rings. The molecule has 0 saturated carbocycles. The van der Waals surface area contributed by atoms with Crippen molar-refractivity contribution in [2.75, 3.05) is 39.3 Å². The first-order valence-corrected chi connectivity index (χ1v) is 15.3. The molecule has 0 spiro atoms. The SMILES string of the molecule is CCCCC1=[C]([Zr]([N](CC)CC)([N](CC)CC)[N](CC)CC)CC=C1. The number of hydrogen-bond acceptors (Lipinski definition) is 3. The van der Waals surface area contributed by atoms with E-state index < -0.39 is 21.1 Å². The Morgan fingerprint density at radius 1 is 0.760 bits per heavy atom. The number of nitrogens with zero attached hydrogens (tertiary/aromatic N) is 3. The summed E-state index contributed by atoms with van der Waals surface area (Å²) in [6.45, 7) is 23.6. The summed E-state index contributed by atoms with van der Waals surface area (Å²) in [5, 5.41) is 0. The van der Waals surface area contributed by atoms with Crippen molar-refractivity contribution in [2.45, 2.75) is 74.1 Å². The Balaban J connectivity index is 3.62. The van der Waals surface area contributed by atoms with Crippen LogP contribution < -0.4 is 0 Å². The monoisotopic (exact) mass is 427 g/mol. The van der Waals surface area contributed by atoms with Crippen LogP contribution in [-0.4, -0.2) is 47.8 Å². The van der Waals surface area contributed by atoms with Crippen LogP contribution in [0.2, 0.25) is 0 Å². The zero-order valence-electron chi connectivity index (χ0n) is 18.1. The summed E-state index contributed by atoms with van der Waals surface area (Å²) in [6.07, 6.45) is 9.98. The zero-order chi connectivity index (χ0) is 18.9. The van der Waals surface area contributed by atoms with E-state index in [0.29, 0.717) is 0 Å². The van der Waals surface area contributed by atoms with Crippen LogP contribution in [-0.2, 0) is 21.1 Å². The fourth-order valence-corrected chi connectivity index (χ4v) is 19.5. The van der Waals surface area contributed by atoms with Gasteiger partial charge in [0, 0.05) is 0 Å². The van der Waals surface area contributed by atoms with Crippen LogP contribution in [0.15, 0.2) is 21.0 Å². The maximum absolute atomic E-state index is 3.05. The van der Waals surface area contributed by atoms with Gasteiger partial charge in [0.15, 0.2) is 0 Å². The average Bonchev–Trinajstić information content (AvgIpc) is 3.10. The van der Waals surface area contributed by atoms with Crippen LogP contribution in [0.1, 0.15) is 74.1 Å². The number of rotatable bonds is 13. The summed E-state index contributed by atoms with van der Waals surface area (Å²) in [5.41, 5.74) is 1.68. The van der Waals surface area contributed by atoms with E-state index in [1.807, 2.05) is 3.28 Å². The molecule has 0 saturated heterocycles. The quantitative estimate of drug-likeness (QED) is 0.393. The Labute approximate surface area is 163 Å². The molecule has 0 aliphatic heterocycles. The Hall–Kier alpha value is 0.243. The predicted octanol–water partition coefficient (Wildman–Crippen LogP) is 5.31. The molecule has 0 aromatic rings. The number of hydrogen-bond donors (Lipinski definition) is 0. The van der Waals surface area contributed by atoms with Gasteiger partial charge in [0.25, 0.3) is 0 Å². The summed E-state index contributed by atoms with van der Waals surface area (Å²) in [7, 11) is 0. The van der Waals surface area contributed by atoms with Crippen molar-refractivity contribution in [3.8, 4) is 0 Å². The molecule has 25 heavy (non-hydrogen) atoms. The molecule has 0 atom stereocenters. The molecular weight excluding hydrogens is 385 g/mol. The molecule has 3 nitrogen and oxygen atoms in total. The fraction of sp³-hybridized carbons (Fsp3) is 0.810. The Bertz CT molecular complexity index is 401. The third-order valence-electron chi connectivity index (χ3n) is 5.85. The molecule has 0 aromatic heterocycles. The van der Waals surface area contributed by atoms with Gasteiger partial charge in [-0.25, -0.2) is 0 Å². The molecule has 0 radical (unpaired) electrons. The van der Waals surface area contributed by atoms with E-state index in [9.17, 15) is 0 Å². The summed E-state index contributed by atoms with van der Waals surface area (Å²) in [4.78, 5) is 0. The molecule has 0 heterocycles. The molecule has 0 N–H and O–H groups in total. The van der Waals surface area contributed by atoms with Gasteiger partial charge in [-0.15, -0.1) is 0 Å². The van der Waals surface area contributed by atoms with Gasteiger partial charge in [-0.1, -0.05) is 0 Å². The molecule has 0 bridgehead atoms. The standard InChI is InChI=1S/C9H13.3C4H10N.Zr/c1-2-3-6-9-7-4-5-8-9;3*1-3-5-4-2;/h4,7H,2-3,5-6H2,1H3;3*3-4H2,1-2H3;/q;3*-1;+3. The van der Waals surface area contributed by atoms with Gasteiger partial charge < -0.3 is 0 Å². The third-order valence-corrected chi connectivity index (χ3v) is 20.3. The summed E-state index contributed by atoms with van der Waals surface area (Å²) >= 11 is -3.05. The first kappa shape index (κ1) is 23.3. The second-order valence-electron chi connectivity index (χ2n) is 6.87. The Morgan fingerprint density at radius 2 is 1.20 bits per heavy atom. The van der Waals surface area contributed by atoms with Crippen LogP contribution in [0.4, 0.5) is 0 Å². The minimum atomic E-state index is -3.05. The molecule has 0 amide bonds. The second-order valence-corrected chi connectivity index (χ2v) is 16.1. The van der Waals surface area contributed by atoms with E-state index in [1.165, 1.54) is 65.0 Å². The van der Waals surface area contributed by atoms with E-state index in [0.717, 1.165) is 0 Å². The molecule has 1 aliphatic carbocycles. The zero-order valence-corrected chi connectivity index (χ0v) is 20.5. The van der Waals surface area contributed by atoms with Gasteiger partial charge in [0.1, 0.15) is 0 Å². The van der Waals surface area contributed by atoms with Crippen LogP contribution >= 0.6 is 0 Å². The van der Waals surface area contributed by atoms with Crippen molar-refractivity contribution in [3.63, 3.8) is 0 Å². The Morgan fingerprint density at radius 3 is 1.56 bits per heavy atom. The number of unbranched alkanes of at least 4 members (excludes halogenated alkanes) is 1. The fourth-order valence-electron chi connectivity index (χ4n) is 4.67. The summed E-state index contributed by atoms with van der Waals surface area (Å²) < 4.78 is 10.6. The van der Waals surface area contributed by atoms with Gasteiger partial charge in [0.2, 0.25) is 0 Å². The second kappa shape index (κ2) is 11.9. The minimum absolute atomic E-state index is 1.17. The van der Waals surface area contributed by atoms with Gasteiger partial charge in [0.05, 0.1) is 0 Å². The topological polar surface area (TPSA) is 9.72 Å². The molecule has 0 aromatic carbocycles. The molecular formula is C21H43N3Zr. The predicted molar refractivity (Wildman–Crippen MR) is 109 cm³/mol. The molecule has 1 rings (SSSR count). The van der Waals surface area contributed by atoms with Crippen molar-refractivity contribution in [1.29, 1.82) is 0 Å². The van der Waals surface area contributed by atoms with Crippen molar-refractivity contribution < 1.29 is 21.1 Å². The van der Waals surface area contributed by atoms with E-state index in [-0.39, 0.29) is 0 Å². The van der Waals surface area contributed by atoms with Crippen LogP contribution in [0.3, 0.4) is 0 Å². The van der Waals surface area contributed by atoms with E-state index >= 15 is 0 Å².